The predicted molar refractivity (Wildman–Crippen MR) is 124 cm³/mol. The highest BCUT2D eigenvalue weighted by atomic mass is 16.6. The van der Waals surface area contributed by atoms with Crippen LogP contribution in [0.3, 0.4) is 0 Å². The summed E-state index contributed by atoms with van der Waals surface area (Å²) in [6, 6.07) is 10.1. The summed E-state index contributed by atoms with van der Waals surface area (Å²) in [5, 5.41) is 4.89. The average Bonchev–Trinajstić information content (AvgIpc) is 3.07. The fourth-order valence-corrected chi connectivity index (χ4v) is 4.43. The van der Waals surface area contributed by atoms with Crippen molar-refractivity contribution in [3.63, 3.8) is 0 Å². The maximum absolute atomic E-state index is 12.3. The number of amides is 1. The van der Waals surface area contributed by atoms with E-state index in [-0.39, 0.29) is 6.04 Å². The van der Waals surface area contributed by atoms with E-state index in [9.17, 15) is 4.79 Å². The predicted octanol–water partition coefficient (Wildman–Crippen LogP) is 4.07. The van der Waals surface area contributed by atoms with Crippen LogP contribution in [-0.4, -0.2) is 37.3 Å². The van der Waals surface area contributed by atoms with E-state index in [2.05, 4.69) is 37.0 Å². The van der Waals surface area contributed by atoms with Crippen molar-refractivity contribution in [1.82, 2.24) is 24.8 Å². The first-order valence-electron chi connectivity index (χ1n) is 10.8. The lowest BCUT2D eigenvalue weighted by Crippen LogP contribution is -2.43. The number of rotatable bonds is 2. The largest absolute Gasteiger partial charge is 0.444 e. The second-order valence-electron chi connectivity index (χ2n) is 9.19. The van der Waals surface area contributed by atoms with E-state index in [4.69, 9.17) is 10.5 Å². The van der Waals surface area contributed by atoms with Crippen molar-refractivity contribution in [2.24, 2.45) is 0 Å². The number of hydrogen-bond donors (Lipinski definition) is 2. The van der Waals surface area contributed by atoms with Crippen molar-refractivity contribution in [1.29, 1.82) is 0 Å². The van der Waals surface area contributed by atoms with Gasteiger partial charge in [-0.2, -0.15) is 0 Å². The van der Waals surface area contributed by atoms with Crippen LogP contribution in [0, 0.1) is 0 Å². The lowest BCUT2D eigenvalue weighted by Gasteiger charge is -2.28. The fourth-order valence-electron chi connectivity index (χ4n) is 4.43. The zero-order valence-electron chi connectivity index (χ0n) is 18.4. The number of fused-ring (bicyclic) bond motifs is 4. The Morgan fingerprint density at radius 1 is 1.22 bits per heavy atom. The first-order valence-corrected chi connectivity index (χ1v) is 10.8. The number of nitrogens with one attached hydrogen (secondary N) is 1. The van der Waals surface area contributed by atoms with Crippen molar-refractivity contribution in [3.8, 4) is 11.1 Å². The molecular formula is C24H26N6O2. The second-order valence-corrected chi connectivity index (χ2v) is 9.19. The van der Waals surface area contributed by atoms with Crippen LogP contribution in [0.1, 0.15) is 32.9 Å². The second kappa shape index (κ2) is 7.47. The molecule has 164 valence electrons. The van der Waals surface area contributed by atoms with Gasteiger partial charge in [-0.05, 0) is 45.7 Å². The Hall–Kier alpha value is -3.68. The van der Waals surface area contributed by atoms with Crippen molar-refractivity contribution in [2.45, 2.75) is 51.8 Å². The SMILES string of the molecule is CC(C)(C)OC(=O)N[C@@H]1CCc2c(-c3cnc4ccccc4c3)c3c(N)ncnc3n2C1. The molecular weight excluding hydrogens is 404 g/mol. The normalized spacial score (nSPS) is 16.2. The molecule has 0 radical (unpaired) electrons. The minimum atomic E-state index is -0.540. The lowest BCUT2D eigenvalue weighted by molar-refractivity contribution is 0.0493. The standard InChI is InChI=1S/C24H26N6O2/c1-24(2,3)32-23(31)29-16-8-9-18-19(15-10-14-6-4-5-7-17(14)26-11-15)20-21(25)27-13-28-22(20)30(18)12-16/h4-7,10-11,13,16H,8-9,12H2,1-3H3,(H,29,31)(H2,25,27,28)/t16-/m1/s1. The first kappa shape index (κ1) is 20.2. The number of ether oxygens (including phenoxy) is 1. The number of pyridine rings is 1. The third kappa shape index (κ3) is 3.62. The number of nitrogen functional groups attached to an aromatic ring is 1. The van der Waals surface area contributed by atoms with Crippen LogP contribution in [0.4, 0.5) is 10.6 Å². The zero-order valence-corrected chi connectivity index (χ0v) is 18.4. The summed E-state index contributed by atoms with van der Waals surface area (Å²) in [5.41, 5.74) is 10.6. The molecule has 3 aromatic heterocycles. The minimum absolute atomic E-state index is 0.0632. The molecule has 0 saturated heterocycles. The van der Waals surface area contributed by atoms with Crippen molar-refractivity contribution in [2.75, 3.05) is 5.73 Å². The highest BCUT2D eigenvalue weighted by molar-refractivity contribution is 6.03. The van der Waals surface area contributed by atoms with E-state index < -0.39 is 11.7 Å². The first-order chi connectivity index (χ1) is 15.3. The Kier molecular flexibility index (Phi) is 4.73. The minimum Gasteiger partial charge on any atom is -0.444 e. The van der Waals surface area contributed by atoms with E-state index >= 15 is 0 Å². The van der Waals surface area contributed by atoms with Crippen molar-refractivity contribution < 1.29 is 9.53 Å². The van der Waals surface area contributed by atoms with Crippen LogP contribution in [0.2, 0.25) is 0 Å². The van der Waals surface area contributed by atoms with Crippen molar-refractivity contribution >= 4 is 33.8 Å². The van der Waals surface area contributed by atoms with Gasteiger partial charge < -0.3 is 20.4 Å². The molecule has 8 nitrogen and oxygen atoms in total. The lowest BCUT2D eigenvalue weighted by atomic mass is 9.97. The molecule has 1 aromatic carbocycles. The van der Waals surface area contributed by atoms with Crippen LogP contribution in [0.25, 0.3) is 33.1 Å². The molecule has 3 N–H and O–H groups in total. The third-order valence-corrected chi connectivity index (χ3v) is 5.71. The summed E-state index contributed by atoms with van der Waals surface area (Å²) in [4.78, 5) is 25.8. The number of nitrogens with zero attached hydrogens (tertiary/aromatic N) is 4. The van der Waals surface area contributed by atoms with Gasteiger partial charge in [-0.25, -0.2) is 14.8 Å². The molecule has 1 amide bonds. The molecule has 32 heavy (non-hydrogen) atoms. The molecule has 1 aliphatic heterocycles. The van der Waals surface area contributed by atoms with Gasteiger partial charge in [0, 0.05) is 34.9 Å². The Labute approximate surface area is 185 Å². The Morgan fingerprint density at radius 3 is 2.84 bits per heavy atom. The van der Waals surface area contributed by atoms with Crippen LogP contribution >= 0.6 is 0 Å². The highest BCUT2D eigenvalue weighted by Crippen LogP contribution is 2.39. The monoisotopic (exact) mass is 430 g/mol. The molecule has 1 aliphatic rings. The summed E-state index contributed by atoms with van der Waals surface area (Å²) in [6.45, 7) is 6.15. The maximum Gasteiger partial charge on any atom is 0.407 e. The van der Waals surface area contributed by atoms with Gasteiger partial charge in [0.15, 0.2) is 0 Å². The van der Waals surface area contributed by atoms with Crippen LogP contribution < -0.4 is 11.1 Å². The van der Waals surface area contributed by atoms with Gasteiger partial charge >= 0.3 is 6.09 Å². The number of alkyl carbamates (subject to hydrolysis) is 1. The number of nitrogens with two attached hydrogens (primary N) is 1. The summed E-state index contributed by atoms with van der Waals surface area (Å²) >= 11 is 0. The van der Waals surface area contributed by atoms with Crippen LogP contribution in [-0.2, 0) is 17.7 Å². The summed E-state index contributed by atoms with van der Waals surface area (Å²) in [6.07, 6.45) is 4.51. The van der Waals surface area contributed by atoms with Gasteiger partial charge in [-0.1, -0.05) is 18.2 Å². The molecule has 0 bridgehead atoms. The number of aromatic nitrogens is 4. The molecule has 0 saturated carbocycles. The van der Waals surface area contributed by atoms with Gasteiger partial charge in [0.25, 0.3) is 0 Å². The number of carbonyl (C=O) groups excluding carboxylic acids is 1. The molecule has 0 fully saturated rings. The molecule has 4 aromatic rings. The molecule has 0 unspecified atom stereocenters. The average molecular weight is 431 g/mol. The molecule has 1 atom stereocenters. The zero-order chi connectivity index (χ0) is 22.5. The topological polar surface area (TPSA) is 108 Å². The number of carbonyl (C=O) groups is 1. The van der Waals surface area contributed by atoms with Crippen LogP contribution in [0.15, 0.2) is 42.9 Å². The van der Waals surface area contributed by atoms with Crippen LogP contribution in [0.5, 0.6) is 0 Å². The Morgan fingerprint density at radius 2 is 2.03 bits per heavy atom. The molecule has 5 rings (SSSR count). The van der Waals surface area contributed by atoms with Gasteiger partial charge in [-0.3, -0.25) is 4.98 Å². The quantitative estimate of drug-likeness (QED) is 0.496. The number of anilines is 1. The maximum atomic E-state index is 12.3. The summed E-state index contributed by atoms with van der Waals surface area (Å²) < 4.78 is 7.58. The van der Waals surface area contributed by atoms with E-state index in [1.54, 1.807) is 0 Å². The number of benzene rings is 1. The van der Waals surface area contributed by atoms with Gasteiger partial charge in [0.2, 0.25) is 0 Å². The van der Waals surface area contributed by atoms with Gasteiger partial charge in [0.05, 0.1) is 16.9 Å². The van der Waals surface area contributed by atoms with E-state index in [1.165, 1.54) is 6.33 Å². The van der Waals surface area contributed by atoms with E-state index in [1.807, 2.05) is 45.2 Å². The molecule has 0 spiro atoms. The Balaban J connectivity index is 1.57. The Bertz CT molecular complexity index is 1340. The number of hydrogen-bond acceptors (Lipinski definition) is 6. The van der Waals surface area contributed by atoms with Crippen molar-refractivity contribution in [3.05, 3.63) is 48.5 Å². The smallest absolute Gasteiger partial charge is 0.407 e. The summed E-state index contributed by atoms with van der Waals surface area (Å²) in [5.74, 6) is 0.441. The third-order valence-electron chi connectivity index (χ3n) is 5.71. The van der Waals surface area contributed by atoms with E-state index in [0.717, 1.165) is 51.6 Å². The number of para-hydroxylation sites is 1. The highest BCUT2D eigenvalue weighted by Gasteiger charge is 2.29. The van der Waals surface area contributed by atoms with Gasteiger partial charge in [-0.15, -0.1) is 0 Å². The molecule has 4 heterocycles. The summed E-state index contributed by atoms with van der Waals surface area (Å²) in [7, 11) is 0. The molecule has 8 heteroatoms. The van der Waals surface area contributed by atoms with Gasteiger partial charge in [0.1, 0.15) is 23.4 Å². The fraction of sp³-hybridized carbons (Fsp3) is 0.333. The molecule has 0 aliphatic carbocycles. The van der Waals surface area contributed by atoms with E-state index in [0.29, 0.717) is 12.4 Å².